The maximum absolute atomic E-state index is 4.65. The Balaban J connectivity index is 1.74. The second kappa shape index (κ2) is 5.08. The Bertz CT molecular complexity index is 526. The van der Waals surface area contributed by atoms with Crippen LogP contribution < -0.4 is 5.32 Å². The maximum Gasteiger partial charge on any atom is 0.0685 e. The standard InChI is InChI=1S/C14H20N4/c1-12-13-4-2-3-5-14(13)18(16-12)11-10-17-8-6-15-7-9-17/h2-5,15H,6-11H2,1H3. The van der Waals surface area contributed by atoms with Gasteiger partial charge in [0.05, 0.1) is 17.8 Å². The molecule has 0 atom stereocenters. The van der Waals surface area contributed by atoms with Crippen LogP contribution in [0.15, 0.2) is 24.3 Å². The molecule has 0 unspecified atom stereocenters. The molecule has 2 aromatic rings. The monoisotopic (exact) mass is 244 g/mol. The third-order valence-electron chi connectivity index (χ3n) is 3.68. The Morgan fingerprint density at radius 2 is 1.94 bits per heavy atom. The third-order valence-corrected chi connectivity index (χ3v) is 3.68. The van der Waals surface area contributed by atoms with Crippen molar-refractivity contribution >= 4 is 10.9 Å². The lowest BCUT2D eigenvalue weighted by atomic mass is 10.2. The van der Waals surface area contributed by atoms with E-state index in [0.717, 1.165) is 45.0 Å². The van der Waals surface area contributed by atoms with Crippen molar-refractivity contribution in [1.29, 1.82) is 0 Å². The normalized spacial score (nSPS) is 17.4. The lowest BCUT2D eigenvalue weighted by molar-refractivity contribution is 0.230. The first kappa shape index (κ1) is 11.7. The van der Waals surface area contributed by atoms with Crippen LogP contribution in [-0.2, 0) is 6.54 Å². The largest absolute Gasteiger partial charge is 0.314 e. The Kier molecular flexibility index (Phi) is 3.30. The molecule has 0 bridgehead atoms. The van der Waals surface area contributed by atoms with Gasteiger partial charge in [-0.15, -0.1) is 0 Å². The average Bonchev–Trinajstić information content (AvgIpc) is 2.75. The quantitative estimate of drug-likeness (QED) is 0.882. The Hall–Kier alpha value is -1.39. The van der Waals surface area contributed by atoms with Gasteiger partial charge < -0.3 is 5.32 Å². The van der Waals surface area contributed by atoms with Crippen molar-refractivity contribution in [3.8, 4) is 0 Å². The van der Waals surface area contributed by atoms with Gasteiger partial charge in [-0.2, -0.15) is 5.10 Å². The molecule has 1 aliphatic heterocycles. The number of hydrogen-bond donors (Lipinski definition) is 1. The van der Waals surface area contributed by atoms with E-state index in [4.69, 9.17) is 0 Å². The van der Waals surface area contributed by atoms with E-state index in [1.807, 2.05) is 0 Å². The van der Waals surface area contributed by atoms with Crippen molar-refractivity contribution < 1.29 is 0 Å². The van der Waals surface area contributed by atoms with E-state index in [9.17, 15) is 0 Å². The molecule has 1 aliphatic rings. The summed E-state index contributed by atoms with van der Waals surface area (Å²) in [6, 6.07) is 8.48. The number of fused-ring (bicyclic) bond motifs is 1. The second-order valence-electron chi connectivity index (χ2n) is 4.92. The van der Waals surface area contributed by atoms with E-state index in [0.29, 0.717) is 0 Å². The van der Waals surface area contributed by atoms with Crippen LogP contribution in [0.1, 0.15) is 5.69 Å². The number of aromatic nitrogens is 2. The van der Waals surface area contributed by atoms with E-state index in [1.54, 1.807) is 0 Å². The highest BCUT2D eigenvalue weighted by atomic mass is 15.3. The molecule has 3 rings (SSSR count). The first-order valence-electron chi connectivity index (χ1n) is 6.70. The lowest BCUT2D eigenvalue weighted by Crippen LogP contribution is -2.44. The molecule has 18 heavy (non-hydrogen) atoms. The summed E-state index contributed by atoms with van der Waals surface area (Å²) in [7, 11) is 0. The summed E-state index contributed by atoms with van der Waals surface area (Å²) in [6.07, 6.45) is 0. The van der Waals surface area contributed by atoms with Gasteiger partial charge in [0.25, 0.3) is 0 Å². The fourth-order valence-electron chi connectivity index (χ4n) is 2.63. The molecule has 1 aromatic heterocycles. The fourth-order valence-corrected chi connectivity index (χ4v) is 2.63. The number of para-hydroxylation sites is 1. The molecule has 0 amide bonds. The minimum Gasteiger partial charge on any atom is -0.314 e. The van der Waals surface area contributed by atoms with Crippen LogP contribution in [0.4, 0.5) is 0 Å². The van der Waals surface area contributed by atoms with Crippen molar-refractivity contribution in [2.75, 3.05) is 32.7 Å². The van der Waals surface area contributed by atoms with Gasteiger partial charge in [0, 0.05) is 38.1 Å². The average molecular weight is 244 g/mol. The van der Waals surface area contributed by atoms with Crippen LogP contribution in [0.25, 0.3) is 10.9 Å². The maximum atomic E-state index is 4.65. The molecule has 4 nitrogen and oxygen atoms in total. The molecule has 0 radical (unpaired) electrons. The Morgan fingerprint density at radius 3 is 2.78 bits per heavy atom. The van der Waals surface area contributed by atoms with Gasteiger partial charge in [0.1, 0.15) is 0 Å². The topological polar surface area (TPSA) is 33.1 Å². The number of aryl methyl sites for hydroxylation is 1. The van der Waals surface area contributed by atoms with E-state index < -0.39 is 0 Å². The molecule has 1 fully saturated rings. The molecule has 0 spiro atoms. The van der Waals surface area contributed by atoms with Crippen molar-refractivity contribution in [2.24, 2.45) is 0 Å². The van der Waals surface area contributed by atoms with Gasteiger partial charge >= 0.3 is 0 Å². The molecule has 96 valence electrons. The molecule has 1 aromatic carbocycles. The summed E-state index contributed by atoms with van der Waals surface area (Å²) < 4.78 is 2.15. The summed E-state index contributed by atoms with van der Waals surface area (Å²) in [5.74, 6) is 0. The predicted octanol–water partition coefficient (Wildman–Crippen LogP) is 1.25. The number of piperazine rings is 1. The van der Waals surface area contributed by atoms with Gasteiger partial charge in [-0.3, -0.25) is 9.58 Å². The van der Waals surface area contributed by atoms with E-state index in [2.05, 4.69) is 51.2 Å². The molecule has 0 aliphatic carbocycles. The third kappa shape index (κ3) is 2.26. The SMILES string of the molecule is Cc1nn(CCN2CCNCC2)c2ccccc12. The number of nitrogens with zero attached hydrogens (tertiary/aromatic N) is 3. The van der Waals surface area contributed by atoms with E-state index >= 15 is 0 Å². The van der Waals surface area contributed by atoms with Crippen LogP contribution in [0, 0.1) is 6.92 Å². The first-order valence-corrected chi connectivity index (χ1v) is 6.70. The van der Waals surface area contributed by atoms with Gasteiger partial charge in [0.2, 0.25) is 0 Å². The molecule has 0 saturated carbocycles. The van der Waals surface area contributed by atoms with Crippen LogP contribution in [0.3, 0.4) is 0 Å². The van der Waals surface area contributed by atoms with Gasteiger partial charge in [-0.05, 0) is 13.0 Å². The summed E-state index contributed by atoms with van der Waals surface area (Å²) in [5.41, 5.74) is 2.39. The molecular weight excluding hydrogens is 224 g/mol. The lowest BCUT2D eigenvalue weighted by Gasteiger charge is -2.27. The highest BCUT2D eigenvalue weighted by Crippen LogP contribution is 2.17. The Morgan fingerprint density at radius 1 is 1.17 bits per heavy atom. The van der Waals surface area contributed by atoms with Gasteiger partial charge in [-0.1, -0.05) is 18.2 Å². The number of benzene rings is 1. The zero-order chi connectivity index (χ0) is 12.4. The minimum absolute atomic E-state index is 0.981. The predicted molar refractivity (Wildman–Crippen MR) is 73.8 cm³/mol. The van der Waals surface area contributed by atoms with Crippen molar-refractivity contribution in [2.45, 2.75) is 13.5 Å². The van der Waals surface area contributed by atoms with Crippen LogP contribution in [0.5, 0.6) is 0 Å². The van der Waals surface area contributed by atoms with Crippen molar-refractivity contribution in [1.82, 2.24) is 20.0 Å². The minimum atomic E-state index is 0.981. The summed E-state index contributed by atoms with van der Waals surface area (Å²) in [5, 5.41) is 9.31. The second-order valence-corrected chi connectivity index (χ2v) is 4.92. The smallest absolute Gasteiger partial charge is 0.0685 e. The number of rotatable bonds is 3. The summed E-state index contributed by atoms with van der Waals surface area (Å²) >= 11 is 0. The van der Waals surface area contributed by atoms with E-state index in [1.165, 1.54) is 10.9 Å². The highest BCUT2D eigenvalue weighted by molar-refractivity contribution is 5.81. The highest BCUT2D eigenvalue weighted by Gasteiger charge is 2.11. The van der Waals surface area contributed by atoms with Crippen molar-refractivity contribution in [3.63, 3.8) is 0 Å². The fraction of sp³-hybridized carbons (Fsp3) is 0.500. The van der Waals surface area contributed by atoms with Crippen LogP contribution >= 0.6 is 0 Å². The summed E-state index contributed by atoms with van der Waals surface area (Å²) in [6.45, 7) is 8.68. The first-order chi connectivity index (χ1) is 8.84. The van der Waals surface area contributed by atoms with E-state index in [-0.39, 0.29) is 0 Å². The van der Waals surface area contributed by atoms with Gasteiger partial charge in [-0.25, -0.2) is 0 Å². The molecule has 2 heterocycles. The number of hydrogen-bond acceptors (Lipinski definition) is 3. The number of nitrogens with one attached hydrogen (secondary N) is 1. The van der Waals surface area contributed by atoms with Crippen LogP contribution in [0.2, 0.25) is 0 Å². The molecular formula is C14H20N4. The van der Waals surface area contributed by atoms with Crippen LogP contribution in [-0.4, -0.2) is 47.4 Å². The zero-order valence-electron chi connectivity index (χ0n) is 10.9. The summed E-state index contributed by atoms with van der Waals surface area (Å²) in [4.78, 5) is 2.50. The van der Waals surface area contributed by atoms with Gasteiger partial charge in [0.15, 0.2) is 0 Å². The Labute approximate surface area is 108 Å². The molecule has 1 saturated heterocycles. The zero-order valence-corrected chi connectivity index (χ0v) is 10.9. The van der Waals surface area contributed by atoms with Crippen molar-refractivity contribution in [3.05, 3.63) is 30.0 Å². The molecule has 4 heteroatoms. The molecule has 1 N–H and O–H groups in total.